The van der Waals surface area contributed by atoms with Crippen LogP contribution in [0.2, 0.25) is 0 Å². The Balaban J connectivity index is 1.63. The van der Waals surface area contributed by atoms with Gasteiger partial charge in [-0.2, -0.15) is 0 Å². The molecule has 3 rings (SSSR count). The van der Waals surface area contributed by atoms with Gasteiger partial charge in [-0.1, -0.05) is 6.07 Å². The van der Waals surface area contributed by atoms with Crippen molar-refractivity contribution in [2.45, 2.75) is 33.4 Å². The highest BCUT2D eigenvalue weighted by molar-refractivity contribution is 5.94. The molecule has 1 aliphatic rings. The standard InChI is InChI=1S/C20H26N4O2/c1-15(2)26-20(25)18-5-4-8-21-19(18)24-11-9-23(10-12-24)14-17-7-6-16(3)13-22-17/h4-8,13,15H,9-12,14H2,1-3H3. The van der Waals surface area contributed by atoms with Crippen LogP contribution < -0.4 is 4.90 Å². The Labute approximate surface area is 154 Å². The van der Waals surface area contributed by atoms with E-state index in [-0.39, 0.29) is 12.1 Å². The van der Waals surface area contributed by atoms with Gasteiger partial charge in [-0.3, -0.25) is 9.88 Å². The highest BCUT2D eigenvalue weighted by atomic mass is 16.5. The third kappa shape index (κ3) is 4.58. The summed E-state index contributed by atoms with van der Waals surface area (Å²) in [6.45, 7) is 10.1. The van der Waals surface area contributed by atoms with Gasteiger partial charge in [-0.15, -0.1) is 0 Å². The molecule has 2 aromatic rings. The van der Waals surface area contributed by atoms with Gasteiger partial charge in [-0.25, -0.2) is 9.78 Å². The number of ether oxygens (including phenoxy) is 1. The zero-order valence-electron chi connectivity index (χ0n) is 15.7. The smallest absolute Gasteiger partial charge is 0.342 e. The number of carbonyl (C=O) groups is 1. The molecule has 0 aliphatic carbocycles. The lowest BCUT2D eigenvalue weighted by molar-refractivity contribution is 0.0378. The van der Waals surface area contributed by atoms with E-state index in [0.29, 0.717) is 11.4 Å². The fourth-order valence-corrected chi connectivity index (χ4v) is 3.02. The molecule has 0 amide bonds. The maximum atomic E-state index is 12.3. The second-order valence-corrected chi connectivity index (χ2v) is 6.92. The van der Waals surface area contributed by atoms with E-state index in [9.17, 15) is 4.79 Å². The van der Waals surface area contributed by atoms with E-state index in [0.717, 1.165) is 38.4 Å². The Hall–Kier alpha value is -2.47. The van der Waals surface area contributed by atoms with Crippen LogP contribution >= 0.6 is 0 Å². The van der Waals surface area contributed by atoms with Crippen molar-refractivity contribution in [1.82, 2.24) is 14.9 Å². The first-order valence-electron chi connectivity index (χ1n) is 9.08. The predicted octanol–water partition coefficient (Wildman–Crippen LogP) is 2.67. The third-order valence-corrected chi connectivity index (χ3v) is 4.38. The SMILES string of the molecule is Cc1ccc(CN2CCN(c3ncccc3C(=O)OC(C)C)CC2)nc1. The molecular weight excluding hydrogens is 328 g/mol. The summed E-state index contributed by atoms with van der Waals surface area (Å²) in [5.41, 5.74) is 2.80. The number of rotatable bonds is 5. The zero-order chi connectivity index (χ0) is 18.5. The second kappa shape index (κ2) is 8.27. The van der Waals surface area contributed by atoms with E-state index in [1.807, 2.05) is 27.0 Å². The maximum Gasteiger partial charge on any atom is 0.342 e. The van der Waals surface area contributed by atoms with Gasteiger partial charge in [0.15, 0.2) is 0 Å². The van der Waals surface area contributed by atoms with Gasteiger partial charge >= 0.3 is 5.97 Å². The first kappa shape index (κ1) is 18.3. The Morgan fingerprint density at radius 2 is 1.92 bits per heavy atom. The molecular formula is C20H26N4O2. The van der Waals surface area contributed by atoms with Crippen LogP contribution in [0, 0.1) is 6.92 Å². The number of hydrogen-bond acceptors (Lipinski definition) is 6. The van der Waals surface area contributed by atoms with Crippen LogP contribution in [-0.2, 0) is 11.3 Å². The highest BCUT2D eigenvalue weighted by Gasteiger charge is 2.23. The summed E-state index contributed by atoms with van der Waals surface area (Å²) in [4.78, 5) is 25.8. The number of aromatic nitrogens is 2. The molecule has 0 aromatic carbocycles. The highest BCUT2D eigenvalue weighted by Crippen LogP contribution is 2.21. The molecule has 6 heteroatoms. The van der Waals surface area contributed by atoms with E-state index in [1.54, 1.807) is 18.3 Å². The number of carbonyl (C=O) groups excluding carboxylic acids is 1. The van der Waals surface area contributed by atoms with Crippen molar-refractivity contribution in [1.29, 1.82) is 0 Å². The van der Waals surface area contributed by atoms with Crippen molar-refractivity contribution < 1.29 is 9.53 Å². The van der Waals surface area contributed by atoms with Crippen LogP contribution in [-0.4, -0.2) is 53.1 Å². The Bertz CT molecular complexity index is 738. The van der Waals surface area contributed by atoms with E-state index in [2.05, 4.69) is 31.9 Å². The Morgan fingerprint density at radius 1 is 1.15 bits per heavy atom. The van der Waals surface area contributed by atoms with Crippen molar-refractivity contribution in [2.75, 3.05) is 31.1 Å². The molecule has 0 saturated carbocycles. The number of hydrogen-bond donors (Lipinski definition) is 0. The number of aryl methyl sites for hydroxylation is 1. The molecule has 0 radical (unpaired) electrons. The molecule has 0 bridgehead atoms. The van der Waals surface area contributed by atoms with Crippen LogP contribution in [0.5, 0.6) is 0 Å². The van der Waals surface area contributed by atoms with E-state index in [4.69, 9.17) is 4.74 Å². The quantitative estimate of drug-likeness (QED) is 0.770. The normalized spacial score (nSPS) is 15.3. The number of piperazine rings is 1. The minimum atomic E-state index is -0.311. The molecule has 0 N–H and O–H groups in total. The summed E-state index contributed by atoms with van der Waals surface area (Å²) >= 11 is 0. The van der Waals surface area contributed by atoms with Gasteiger partial charge in [0.05, 0.1) is 11.8 Å². The number of pyridine rings is 2. The maximum absolute atomic E-state index is 12.3. The third-order valence-electron chi connectivity index (χ3n) is 4.38. The Kier molecular flexibility index (Phi) is 5.83. The lowest BCUT2D eigenvalue weighted by Crippen LogP contribution is -2.46. The molecule has 2 aromatic heterocycles. The van der Waals surface area contributed by atoms with E-state index >= 15 is 0 Å². The average molecular weight is 354 g/mol. The summed E-state index contributed by atoms with van der Waals surface area (Å²) < 4.78 is 5.35. The van der Waals surface area contributed by atoms with Crippen LogP contribution in [0.15, 0.2) is 36.7 Å². The van der Waals surface area contributed by atoms with Gasteiger partial charge < -0.3 is 9.64 Å². The molecule has 1 fully saturated rings. The second-order valence-electron chi connectivity index (χ2n) is 6.92. The summed E-state index contributed by atoms with van der Waals surface area (Å²) in [7, 11) is 0. The van der Waals surface area contributed by atoms with Gasteiger partial charge in [0.2, 0.25) is 0 Å². The lowest BCUT2D eigenvalue weighted by Gasteiger charge is -2.35. The van der Waals surface area contributed by atoms with Gasteiger partial charge in [0, 0.05) is 45.1 Å². The number of anilines is 1. The minimum absolute atomic E-state index is 0.144. The van der Waals surface area contributed by atoms with Crippen molar-refractivity contribution in [3.05, 3.63) is 53.5 Å². The zero-order valence-corrected chi connectivity index (χ0v) is 15.7. The monoisotopic (exact) mass is 354 g/mol. The summed E-state index contributed by atoms with van der Waals surface area (Å²) in [5, 5.41) is 0. The molecule has 138 valence electrons. The van der Waals surface area contributed by atoms with Crippen molar-refractivity contribution in [3.8, 4) is 0 Å². The summed E-state index contributed by atoms with van der Waals surface area (Å²) in [5.74, 6) is 0.403. The minimum Gasteiger partial charge on any atom is -0.459 e. The molecule has 3 heterocycles. The molecule has 1 aliphatic heterocycles. The Morgan fingerprint density at radius 3 is 2.58 bits per heavy atom. The predicted molar refractivity (Wildman–Crippen MR) is 101 cm³/mol. The van der Waals surface area contributed by atoms with Crippen LogP contribution in [0.1, 0.15) is 35.5 Å². The summed E-state index contributed by atoms with van der Waals surface area (Å²) in [6.07, 6.45) is 3.49. The topological polar surface area (TPSA) is 58.6 Å². The van der Waals surface area contributed by atoms with E-state index < -0.39 is 0 Å². The van der Waals surface area contributed by atoms with Gasteiger partial charge in [0.25, 0.3) is 0 Å². The van der Waals surface area contributed by atoms with Crippen LogP contribution in [0.25, 0.3) is 0 Å². The number of esters is 1. The van der Waals surface area contributed by atoms with E-state index in [1.165, 1.54) is 5.56 Å². The van der Waals surface area contributed by atoms with Crippen molar-refractivity contribution >= 4 is 11.8 Å². The molecule has 26 heavy (non-hydrogen) atoms. The summed E-state index contributed by atoms with van der Waals surface area (Å²) in [6, 6.07) is 7.74. The molecule has 0 spiro atoms. The van der Waals surface area contributed by atoms with Crippen LogP contribution in [0.4, 0.5) is 5.82 Å². The lowest BCUT2D eigenvalue weighted by atomic mass is 10.2. The van der Waals surface area contributed by atoms with Gasteiger partial charge in [0.1, 0.15) is 11.4 Å². The van der Waals surface area contributed by atoms with Crippen LogP contribution in [0.3, 0.4) is 0 Å². The molecule has 1 saturated heterocycles. The fraction of sp³-hybridized carbons (Fsp3) is 0.450. The molecule has 0 atom stereocenters. The van der Waals surface area contributed by atoms with Crippen molar-refractivity contribution in [3.63, 3.8) is 0 Å². The van der Waals surface area contributed by atoms with Crippen molar-refractivity contribution in [2.24, 2.45) is 0 Å². The first-order chi connectivity index (χ1) is 12.5. The first-order valence-corrected chi connectivity index (χ1v) is 9.08. The largest absolute Gasteiger partial charge is 0.459 e. The molecule has 0 unspecified atom stereocenters. The number of nitrogens with zero attached hydrogens (tertiary/aromatic N) is 4. The molecule has 6 nitrogen and oxygen atoms in total. The van der Waals surface area contributed by atoms with Gasteiger partial charge in [-0.05, 0) is 44.5 Å². The average Bonchev–Trinajstić information content (AvgIpc) is 2.64. The fourth-order valence-electron chi connectivity index (χ4n) is 3.02.